The third-order valence-electron chi connectivity index (χ3n) is 4.11. The van der Waals surface area contributed by atoms with Gasteiger partial charge in [-0.2, -0.15) is 0 Å². The van der Waals surface area contributed by atoms with E-state index in [2.05, 4.69) is 10.6 Å². The first-order valence-electron chi connectivity index (χ1n) is 8.74. The highest BCUT2D eigenvalue weighted by Crippen LogP contribution is 2.26. The number of nitrogens with one attached hydrogen (secondary N) is 2. The van der Waals surface area contributed by atoms with Crippen molar-refractivity contribution in [3.63, 3.8) is 0 Å². The van der Waals surface area contributed by atoms with Crippen LogP contribution in [-0.2, 0) is 14.3 Å². The lowest BCUT2D eigenvalue weighted by atomic mass is 10.1. The third kappa shape index (κ3) is 7.32. The van der Waals surface area contributed by atoms with E-state index in [1.807, 2.05) is 13.8 Å². The number of hydrogen-bond acceptors (Lipinski definition) is 5. The average Bonchev–Trinajstić information content (AvgIpc) is 3.11. The molecule has 1 heterocycles. The largest absolute Gasteiger partial charge is 0.489 e. The minimum Gasteiger partial charge on any atom is -0.489 e. The Kier molecular flexibility index (Phi) is 9.48. The smallest absolute Gasteiger partial charge is 0.243 e. The minimum atomic E-state index is -0.692. The number of carbonyl (C=O) groups is 2. The number of anilines is 1. The van der Waals surface area contributed by atoms with E-state index in [4.69, 9.17) is 15.2 Å². The van der Waals surface area contributed by atoms with Crippen LogP contribution in [0.4, 0.5) is 10.1 Å². The molecule has 1 saturated heterocycles. The van der Waals surface area contributed by atoms with Gasteiger partial charge in [0.15, 0.2) is 0 Å². The predicted octanol–water partition coefficient (Wildman–Crippen LogP) is 1.84. The van der Waals surface area contributed by atoms with Crippen molar-refractivity contribution in [2.75, 3.05) is 25.1 Å². The van der Waals surface area contributed by atoms with Crippen LogP contribution in [0, 0.1) is 11.7 Å². The number of rotatable bonds is 8. The first-order valence-corrected chi connectivity index (χ1v) is 8.74. The Morgan fingerprint density at radius 1 is 1.41 bits per heavy atom. The molecule has 27 heavy (non-hydrogen) atoms. The Bertz CT molecular complexity index is 639. The normalized spacial score (nSPS) is 17.1. The number of carbonyl (C=O) groups excluding carboxylic acids is 2. The second kappa shape index (κ2) is 11.1. The molecule has 1 aromatic rings. The summed E-state index contributed by atoms with van der Waals surface area (Å²) >= 11 is 0. The van der Waals surface area contributed by atoms with Crippen LogP contribution in [0.1, 0.15) is 26.7 Å². The maximum atomic E-state index is 13.5. The first-order chi connectivity index (χ1) is 12.4. The maximum Gasteiger partial charge on any atom is 0.243 e. The SMILES string of the molecule is CC(C)[C@H](N)C(=O)NCC(=O)Nc1cc(F)ccc1OCC1CCCO1.Cl. The van der Waals surface area contributed by atoms with Crippen LogP contribution < -0.4 is 21.1 Å². The molecule has 0 aromatic heterocycles. The van der Waals surface area contributed by atoms with Crippen molar-refractivity contribution in [2.24, 2.45) is 11.7 Å². The Hall–Kier alpha value is -1.90. The van der Waals surface area contributed by atoms with Crippen molar-refractivity contribution in [1.82, 2.24) is 5.32 Å². The van der Waals surface area contributed by atoms with Gasteiger partial charge in [-0.25, -0.2) is 4.39 Å². The molecule has 9 heteroatoms. The quantitative estimate of drug-likeness (QED) is 0.614. The van der Waals surface area contributed by atoms with Crippen molar-refractivity contribution >= 4 is 29.9 Å². The Balaban J connectivity index is 0.00000364. The van der Waals surface area contributed by atoms with Gasteiger partial charge in [0.05, 0.1) is 24.4 Å². The first kappa shape index (κ1) is 23.1. The molecule has 0 saturated carbocycles. The van der Waals surface area contributed by atoms with Crippen molar-refractivity contribution in [3.8, 4) is 5.75 Å². The molecule has 2 rings (SSSR count). The monoisotopic (exact) mass is 403 g/mol. The van der Waals surface area contributed by atoms with Crippen LogP contribution in [0.3, 0.4) is 0 Å². The lowest BCUT2D eigenvalue weighted by molar-refractivity contribution is -0.125. The van der Waals surface area contributed by atoms with Crippen molar-refractivity contribution in [2.45, 2.75) is 38.8 Å². The molecule has 1 unspecified atom stereocenters. The van der Waals surface area contributed by atoms with Gasteiger partial charge in [0, 0.05) is 12.7 Å². The highest BCUT2D eigenvalue weighted by molar-refractivity contribution is 5.96. The van der Waals surface area contributed by atoms with Crippen LogP contribution in [0.25, 0.3) is 0 Å². The number of amides is 2. The Labute approximate surface area is 164 Å². The van der Waals surface area contributed by atoms with Crippen LogP contribution in [0.2, 0.25) is 0 Å². The Morgan fingerprint density at radius 3 is 2.78 bits per heavy atom. The number of nitrogens with two attached hydrogens (primary N) is 1. The zero-order valence-corrected chi connectivity index (χ0v) is 16.3. The van der Waals surface area contributed by atoms with Crippen LogP contribution in [0.15, 0.2) is 18.2 Å². The fourth-order valence-corrected chi connectivity index (χ4v) is 2.47. The van der Waals surface area contributed by atoms with Gasteiger partial charge in [-0.1, -0.05) is 13.8 Å². The Morgan fingerprint density at radius 2 is 2.15 bits per heavy atom. The summed E-state index contributed by atoms with van der Waals surface area (Å²) < 4.78 is 24.7. The van der Waals surface area contributed by atoms with Gasteiger partial charge in [-0.05, 0) is 30.9 Å². The molecule has 0 spiro atoms. The summed E-state index contributed by atoms with van der Waals surface area (Å²) in [6, 6.07) is 3.18. The number of benzene rings is 1. The molecule has 0 bridgehead atoms. The van der Waals surface area contributed by atoms with E-state index < -0.39 is 23.7 Å². The highest BCUT2D eigenvalue weighted by atomic mass is 35.5. The van der Waals surface area contributed by atoms with Crippen molar-refractivity contribution < 1.29 is 23.5 Å². The summed E-state index contributed by atoms with van der Waals surface area (Å²) in [7, 11) is 0. The molecule has 7 nitrogen and oxygen atoms in total. The number of ether oxygens (including phenoxy) is 2. The van der Waals surface area contributed by atoms with Crippen molar-refractivity contribution in [1.29, 1.82) is 0 Å². The lowest BCUT2D eigenvalue weighted by Crippen LogP contribution is -2.46. The topological polar surface area (TPSA) is 103 Å². The van der Waals surface area contributed by atoms with E-state index in [9.17, 15) is 14.0 Å². The van der Waals surface area contributed by atoms with Crippen LogP contribution in [-0.4, -0.2) is 43.7 Å². The standard InChI is InChI=1S/C18H26FN3O4.ClH/c1-11(2)17(20)18(24)21-9-16(23)22-14-8-12(19)5-6-15(14)26-10-13-4-3-7-25-13;/h5-6,8,11,13,17H,3-4,7,9-10,20H2,1-2H3,(H,21,24)(H,22,23);1H/t13?,17-;/m0./s1. The summed E-state index contributed by atoms with van der Waals surface area (Å²) in [4.78, 5) is 23.9. The van der Waals surface area contributed by atoms with Gasteiger partial charge in [-0.15, -0.1) is 12.4 Å². The molecule has 1 aliphatic heterocycles. The second-order valence-corrected chi connectivity index (χ2v) is 6.62. The van der Waals surface area contributed by atoms with E-state index in [-0.39, 0.29) is 36.7 Å². The predicted molar refractivity (Wildman–Crippen MR) is 103 cm³/mol. The zero-order chi connectivity index (χ0) is 19.1. The van der Waals surface area contributed by atoms with Gasteiger partial charge in [0.1, 0.15) is 18.2 Å². The molecule has 152 valence electrons. The van der Waals surface area contributed by atoms with E-state index >= 15 is 0 Å². The fraction of sp³-hybridized carbons (Fsp3) is 0.556. The molecular weight excluding hydrogens is 377 g/mol. The third-order valence-corrected chi connectivity index (χ3v) is 4.11. The second-order valence-electron chi connectivity index (χ2n) is 6.62. The fourth-order valence-electron chi connectivity index (χ4n) is 2.47. The van der Waals surface area contributed by atoms with E-state index in [1.165, 1.54) is 18.2 Å². The molecule has 0 radical (unpaired) electrons. The lowest BCUT2D eigenvalue weighted by Gasteiger charge is -2.17. The highest BCUT2D eigenvalue weighted by Gasteiger charge is 2.19. The van der Waals surface area contributed by atoms with Gasteiger partial charge in [0.25, 0.3) is 0 Å². The molecule has 2 atom stereocenters. The molecule has 4 N–H and O–H groups in total. The summed E-state index contributed by atoms with van der Waals surface area (Å²) in [6.07, 6.45) is 1.89. The van der Waals surface area contributed by atoms with E-state index in [1.54, 1.807) is 0 Å². The minimum absolute atomic E-state index is 0. The number of halogens is 2. The zero-order valence-electron chi connectivity index (χ0n) is 15.5. The van der Waals surface area contributed by atoms with Gasteiger partial charge in [0.2, 0.25) is 11.8 Å². The van der Waals surface area contributed by atoms with Gasteiger partial charge in [-0.3, -0.25) is 9.59 Å². The molecule has 1 aliphatic rings. The molecular formula is C18H27ClFN3O4. The molecule has 1 fully saturated rings. The van der Waals surface area contributed by atoms with Crippen LogP contribution in [0.5, 0.6) is 5.75 Å². The molecule has 0 aliphatic carbocycles. The summed E-state index contributed by atoms with van der Waals surface area (Å²) in [5.74, 6) is -1.11. The summed E-state index contributed by atoms with van der Waals surface area (Å²) in [6.45, 7) is 4.40. The molecule has 2 amide bonds. The van der Waals surface area contributed by atoms with Gasteiger partial charge < -0.3 is 25.8 Å². The van der Waals surface area contributed by atoms with Crippen LogP contribution >= 0.6 is 12.4 Å². The molecule has 1 aromatic carbocycles. The van der Waals surface area contributed by atoms with Gasteiger partial charge >= 0.3 is 0 Å². The summed E-state index contributed by atoms with van der Waals surface area (Å²) in [5.41, 5.74) is 5.92. The summed E-state index contributed by atoms with van der Waals surface area (Å²) in [5, 5.41) is 5.01. The number of hydrogen-bond donors (Lipinski definition) is 3. The van der Waals surface area contributed by atoms with Crippen molar-refractivity contribution in [3.05, 3.63) is 24.0 Å². The average molecular weight is 404 g/mol. The maximum absolute atomic E-state index is 13.5. The van der Waals surface area contributed by atoms with E-state index in [0.29, 0.717) is 19.0 Å². The van der Waals surface area contributed by atoms with E-state index in [0.717, 1.165) is 12.8 Å².